The Morgan fingerprint density at radius 2 is 1.79 bits per heavy atom. The van der Waals surface area contributed by atoms with Gasteiger partial charge in [0.05, 0.1) is 23.7 Å². The van der Waals surface area contributed by atoms with Crippen LogP contribution in [0.5, 0.6) is 5.75 Å². The summed E-state index contributed by atoms with van der Waals surface area (Å²) in [7, 11) is -3.77. The normalized spacial score (nSPS) is 15.1. The number of sulfonamides is 1. The molecule has 156 valence electrons. The molecule has 0 saturated carbocycles. The Morgan fingerprint density at radius 3 is 2.48 bits per heavy atom. The number of hydrogen-bond donors (Lipinski definition) is 0. The highest BCUT2D eigenvalue weighted by Gasteiger charge is 2.29. The summed E-state index contributed by atoms with van der Waals surface area (Å²) in [6.45, 7) is 1.19. The van der Waals surface area contributed by atoms with Crippen molar-refractivity contribution in [2.75, 3.05) is 39.5 Å². The van der Waals surface area contributed by atoms with Crippen molar-refractivity contribution in [3.05, 3.63) is 58.3 Å². The molecule has 0 aromatic heterocycles. The van der Waals surface area contributed by atoms with E-state index in [4.69, 9.17) is 14.2 Å². The average molecular weight is 488 g/mol. The van der Waals surface area contributed by atoms with Crippen molar-refractivity contribution in [3.63, 3.8) is 0 Å². The smallest absolute Gasteiger partial charge is 0.338 e. The number of carbonyl (C=O) groups is 1. The fourth-order valence-electron chi connectivity index (χ4n) is 2.66. The van der Waals surface area contributed by atoms with E-state index in [2.05, 4.69) is 15.9 Å². The Bertz CT molecular complexity index is 961. The quantitative estimate of drug-likeness (QED) is 0.441. The molecule has 1 aliphatic rings. The maximum atomic E-state index is 12.9. The van der Waals surface area contributed by atoms with Crippen molar-refractivity contribution in [2.24, 2.45) is 0 Å². The van der Waals surface area contributed by atoms with Gasteiger partial charge in [-0.05, 0) is 58.4 Å². The van der Waals surface area contributed by atoms with E-state index in [0.29, 0.717) is 23.4 Å². The Balaban J connectivity index is 1.62. The number of nitrogens with zero attached hydrogens (tertiary/aromatic N) is 1. The lowest BCUT2D eigenvalue weighted by Crippen LogP contribution is -2.40. The first-order valence-electron chi connectivity index (χ1n) is 8.81. The third-order valence-corrected chi connectivity index (χ3v) is 7.05. The molecule has 3 rings (SSSR count). The van der Waals surface area contributed by atoms with Crippen LogP contribution in [-0.2, 0) is 19.5 Å². The Kier molecular flexibility index (Phi) is 7.23. The van der Waals surface area contributed by atoms with Crippen LogP contribution < -0.4 is 4.74 Å². The molecule has 0 spiro atoms. The van der Waals surface area contributed by atoms with Crippen LogP contribution in [0.25, 0.3) is 0 Å². The van der Waals surface area contributed by atoms with Gasteiger partial charge in [0.2, 0.25) is 10.0 Å². The molecule has 1 saturated heterocycles. The van der Waals surface area contributed by atoms with Crippen molar-refractivity contribution in [1.29, 1.82) is 0 Å². The van der Waals surface area contributed by atoms with Gasteiger partial charge in [-0.1, -0.05) is 0 Å². The van der Waals surface area contributed by atoms with Crippen LogP contribution in [0.2, 0.25) is 0 Å². The molecule has 1 heterocycles. The van der Waals surface area contributed by atoms with E-state index in [1.54, 1.807) is 0 Å². The van der Waals surface area contributed by atoms with Crippen molar-refractivity contribution in [1.82, 2.24) is 4.31 Å². The highest BCUT2D eigenvalue weighted by molar-refractivity contribution is 9.10. The monoisotopic (exact) mass is 487 g/mol. The zero-order valence-corrected chi connectivity index (χ0v) is 17.7. The summed E-state index contributed by atoms with van der Waals surface area (Å²) < 4.78 is 56.0. The van der Waals surface area contributed by atoms with E-state index >= 15 is 0 Å². The van der Waals surface area contributed by atoms with E-state index < -0.39 is 16.0 Å². The molecule has 0 radical (unpaired) electrons. The molecule has 29 heavy (non-hydrogen) atoms. The van der Waals surface area contributed by atoms with Gasteiger partial charge >= 0.3 is 5.97 Å². The Labute approximate surface area is 176 Å². The minimum Gasteiger partial charge on any atom is -0.490 e. The predicted octanol–water partition coefficient (Wildman–Crippen LogP) is 2.84. The summed E-state index contributed by atoms with van der Waals surface area (Å²) in [6.07, 6.45) is 0. The minimum atomic E-state index is -3.77. The molecular formula is C19H19BrFNO6S. The molecule has 10 heteroatoms. The first-order chi connectivity index (χ1) is 13.9. The number of esters is 1. The van der Waals surface area contributed by atoms with Crippen LogP contribution in [0.1, 0.15) is 10.4 Å². The zero-order chi connectivity index (χ0) is 20.9. The van der Waals surface area contributed by atoms with E-state index in [0.717, 1.165) is 0 Å². The van der Waals surface area contributed by atoms with Crippen molar-refractivity contribution >= 4 is 31.9 Å². The van der Waals surface area contributed by atoms with Crippen LogP contribution in [0.15, 0.2) is 51.8 Å². The van der Waals surface area contributed by atoms with Gasteiger partial charge in [-0.15, -0.1) is 0 Å². The van der Waals surface area contributed by atoms with Crippen molar-refractivity contribution < 1.29 is 31.8 Å². The lowest BCUT2D eigenvalue weighted by molar-refractivity contribution is 0.0450. The molecule has 0 unspecified atom stereocenters. The van der Waals surface area contributed by atoms with Crippen LogP contribution in [0.3, 0.4) is 0 Å². The summed E-state index contributed by atoms with van der Waals surface area (Å²) in [4.78, 5) is 12.3. The number of carbonyl (C=O) groups excluding carboxylic acids is 1. The van der Waals surface area contributed by atoms with Crippen molar-refractivity contribution in [2.45, 2.75) is 4.90 Å². The maximum absolute atomic E-state index is 12.9. The van der Waals surface area contributed by atoms with Crippen LogP contribution in [-0.4, -0.2) is 58.2 Å². The third-order valence-electron chi connectivity index (χ3n) is 4.15. The van der Waals surface area contributed by atoms with E-state index in [-0.39, 0.29) is 42.6 Å². The van der Waals surface area contributed by atoms with Gasteiger partial charge in [0.25, 0.3) is 0 Å². The van der Waals surface area contributed by atoms with Gasteiger partial charge in [-0.25, -0.2) is 17.6 Å². The van der Waals surface area contributed by atoms with E-state index in [9.17, 15) is 17.6 Å². The number of benzene rings is 2. The summed E-state index contributed by atoms with van der Waals surface area (Å²) in [6, 6.07) is 9.73. The molecule has 1 fully saturated rings. The number of ether oxygens (including phenoxy) is 3. The van der Waals surface area contributed by atoms with Gasteiger partial charge in [-0.3, -0.25) is 0 Å². The summed E-state index contributed by atoms with van der Waals surface area (Å²) in [5.41, 5.74) is 0.113. The molecule has 1 aliphatic heterocycles. The summed E-state index contributed by atoms with van der Waals surface area (Å²) in [5.74, 6) is -0.592. The number of morpholine rings is 1. The SMILES string of the molecule is O=C(OCCOc1ccc(F)cc1)c1ccc(Br)c(S(=O)(=O)N2CCOCC2)c1. The fraction of sp³-hybridized carbons (Fsp3) is 0.316. The highest BCUT2D eigenvalue weighted by atomic mass is 79.9. The largest absolute Gasteiger partial charge is 0.490 e. The minimum absolute atomic E-state index is 0.00332. The fourth-order valence-corrected chi connectivity index (χ4v) is 5.02. The molecule has 7 nitrogen and oxygen atoms in total. The molecule has 0 aliphatic carbocycles. The molecule has 0 bridgehead atoms. The second kappa shape index (κ2) is 9.66. The molecular weight excluding hydrogens is 469 g/mol. The van der Waals surface area contributed by atoms with Gasteiger partial charge in [0, 0.05) is 17.6 Å². The predicted molar refractivity (Wildman–Crippen MR) is 106 cm³/mol. The highest BCUT2D eigenvalue weighted by Crippen LogP contribution is 2.27. The topological polar surface area (TPSA) is 82.1 Å². The molecule has 2 aromatic carbocycles. The average Bonchev–Trinajstić information content (AvgIpc) is 2.73. The zero-order valence-electron chi connectivity index (χ0n) is 15.3. The van der Waals surface area contributed by atoms with Crippen molar-refractivity contribution in [3.8, 4) is 5.75 Å². The molecule has 0 atom stereocenters. The summed E-state index contributed by atoms with van der Waals surface area (Å²) in [5, 5.41) is 0. The number of halogens is 2. The maximum Gasteiger partial charge on any atom is 0.338 e. The van der Waals surface area contributed by atoms with E-state index in [1.165, 1.54) is 46.8 Å². The second-order valence-electron chi connectivity index (χ2n) is 6.10. The lowest BCUT2D eigenvalue weighted by Gasteiger charge is -2.26. The van der Waals surface area contributed by atoms with Gasteiger partial charge in [-0.2, -0.15) is 4.31 Å². The third kappa shape index (κ3) is 5.53. The second-order valence-corrected chi connectivity index (χ2v) is 8.86. The first-order valence-corrected chi connectivity index (χ1v) is 11.0. The number of hydrogen-bond acceptors (Lipinski definition) is 6. The molecule has 2 aromatic rings. The first kappa shape index (κ1) is 21.7. The summed E-state index contributed by atoms with van der Waals surface area (Å²) >= 11 is 3.24. The molecule has 0 amide bonds. The standard InChI is InChI=1S/C19H19BrFNO6S/c20-17-6-1-14(13-18(17)29(24,25)22-7-9-26-10-8-22)19(23)28-12-11-27-16-4-2-15(21)3-5-16/h1-6,13H,7-12H2. The van der Waals surface area contributed by atoms with Crippen LogP contribution in [0.4, 0.5) is 4.39 Å². The lowest BCUT2D eigenvalue weighted by atomic mass is 10.2. The number of rotatable bonds is 7. The van der Waals surface area contributed by atoms with E-state index in [1.807, 2.05) is 0 Å². The van der Waals surface area contributed by atoms with Gasteiger partial charge in [0.1, 0.15) is 24.8 Å². The Hall–Kier alpha value is -2.01. The van der Waals surface area contributed by atoms with Crippen LogP contribution >= 0.6 is 15.9 Å². The van der Waals surface area contributed by atoms with Gasteiger partial charge < -0.3 is 14.2 Å². The Morgan fingerprint density at radius 1 is 1.10 bits per heavy atom. The van der Waals surface area contributed by atoms with Crippen LogP contribution in [0, 0.1) is 5.82 Å². The van der Waals surface area contributed by atoms with Gasteiger partial charge in [0.15, 0.2) is 0 Å². The molecule has 0 N–H and O–H groups in total.